The van der Waals surface area contributed by atoms with Crippen molar-refractivity contribution in [2.45, 2.75) is 0 Å². The van der Waals surface area contributed by atoms with Gasteiger partial charge in [-0.05, 0) is 24.3 Å². The molecule has 2 aromatic heterocycles. The number of hydrogen-bond acceptors (Lipinski definition) is 5. The van der Waals surface area contributed by atoms with E-state index in [1.54, 1.807) is 24.5 Å². The number of rotatable bonds is 2. The zero-order valence-electron chi connectivity index (χ0n) is 11.6. The van der Waals surface area contributed by atoms with Gasteiger partial charge in [0.2, 0.25) is 0 Å². The zero-order chi connectivity index (χ0) is 14.7. The highest BCUT2D eigenvalue weighted by Crippen LogP contribution is 2.16. The fourth-order valence-electron chi connectivity index (χ4n) is 2.44. The molecular formula is C15H17N5O. The van der Waals surface area contributed by atoms with Gasteiger partial charge < -0.3 is 15.5 Å². The van der Waals surface area contributed by atoms with Crippen LogP contribution in [0.3, 0.4) is 0 Å². The molecule has 0 bridgehead atoms. The van der Waals surface area contributed by atoms with Crippen LogP contribution in [0.5, 0.6) is 0 Å². The minimum atomic E-state index is 0.0110. The van der Waals surface area contributed by atoms with E-state index in [0.29, 0.717) is 24.5 Å². The molecule has 1 saturated heterocycles. The Morgan fingerprint density at radius 2 is 1.76 bits per heavy atom. The molecule has 0 atom stereocenters. The van der Waals surface area contributed by atoms with E-state index in [1.807, 2.05) is 17.0 Å². The lowest BCUT2D eigenvalue weighted by Crippen LogP contribution is -2.48. The molecule has 0 radical (unpaired) electrons. The third kappa shape index (κ3) is 2.94. The maximum atomic E-state index is 12.4. The van der Waals surface area contributed by atoms with Crippen molar-refractivity contribution in [1.29, 1.82) is 0 Å². The first-order chi connectivity index (χ1) is 10.2. The van der Waals surface area contributed by atoms with Crippen LogP contribution < -0.4 is 10.6 Å². The van der Waals surface area contributed by atoms with Gasteiger partial charge in [-0.1, -0.05) is 0 Å². The lowest BCUT2D eigenvalue weighted by Gasteiger charge is -2.36. The standard InChI is InChI=1S/C15H17N5O/c16-14-2-1-12(11-18-14)15(21)20-9-7-19(8-10-20)13-3-5-17-6-4-13/h1-6,11H,7-10H2,(H2,16,18). The maximum Gasteiger partial charge on any atom is 0.255 e. The molecule has 1 amide bonds. The van der Waals surface area contributed by atoms with Crippen molar-refractivity contribution in [1.82, 2.24) is 14.9 Å². The number of aromatic nitrogens is 2. The van der Waals surface area contributed by atoms with E-state index >= 15 is 0 Å². The highest BCUT2D eigenvalue weighted by Gasteiger charge is 2.22. The van der Waals surface area contributed by atoms with Crippen molar-refractivity contribution in [2.75, 3.05) is 36.8 Å². The Bertz CT molecular complexity index is 606. The van der Waals surface area contributed by atoms with Crippen LogP contribution in [0.15, 0.2) is 42.9 Å². The molecule has 108 valence electrons. The summed E-state index contributed by atoms with van der Waals surface area (Å²) in [6.45, 7) is 3.04. The topological polar surface area (TPSA) is 75.4 Å². The number of carbonyl (C=O) groups is 1. The molecular weight excluding hydrogens is 266 g/mol. The summed E-state index contributed by atoms with van der Waals surface area (Å²) in [4.78, 5) is 24.5. The Balaban J connectivity index is 1.63. The molecule has 1 aliphatic rings. The Morgan fingerprint density at radius 3 is 2.38 bits per heavy atom. The second-order valence-electron chi connectivity index (χ2n) is 4.96. The average molecular weight is 283 g/mol. The Labute approximate surface area is 123 Å². The first kappa shape index (κ1) is 13.4. The molecule has 3 rings (SSSR count). The SMILES string of the molecule is Nc1ccc(C(=O)N2CCN(c3ccncc3)CC2)cn1. The lowest BCUT2D eigenvalue weighted by molar-refractivity contribution is 0.0746. The molecule has 0 aromatic carbocycles. The third-order valence-corrected chi connectivity index (χ3v) is 3.63. The summed E-state index contributed by atoms with van der Waals surface area (Å²) < 4.78 is 0. The van der Waals surface area contributed by atoms with Crippen molar-refractivity contribution in [3.05, 3.63) is 48.4 Å². The second-order valence-corrected chi connectivity index (χ2v) is 4.96. The second kappa shape index (κ2) is 5.78. The molecule has 6 heteroatoms. The van der Waals surface area contributed by atoms with Crippen molar-refractivity contribution < 1.29 is 4.79 Å². The Hall–Kier alpha value is -2.63. The molecule has 0 saturated carbocycles. The van der Waals surface area contributed by atoms with Crippen LogP contribution in [0.2, 0.25) is 0 Å². The van der Waals surface area contributed by atoms with Crippen LogP contribution in [-0.4, -0.2) is 47.0 Å². The number of carbonyl (C=O) groups excluding carboxylic acids is 1. The summed E-state index contributed by atoms with van der Waals surface area (Å²) in [6.07, 6.45) is 5.10. The summed E-state index contributed by atoms with van der Waals surface area (Å²) >= 11 is 0. The molecule has 2 N–H and O–H groups in total. The lowest BCUT2D eigenvalue weighted by atomic mass is 10.2. The van der Waals surface area contributed by atoms with Gasteiger partial charge >= 0.3 is 0 Å². The maximum absolute atomic E-state index is 12.4. The normalized spacial score (nSPS) is 15.0. The highest BCUT2D eigenvalue weighted by molar-refractivity contribution is 5.94. The fraction of sp³-hybridized carbons (Fsp3) is 0.267. The fourth-order valence-corrected chi connectivity index (χ4v) is 2.44. The molecule has 0 aliphatic carbocycles. The van der Waals surface area contributed by atoms with Crippen LogP contribution >= 0.6 is 0 Å². The number of amides is 1. The van der Waals surface area contributed by atoms with Crippen molar-refractivity contribution >= 4 is 17.4 Å². The van der Waals surface area contributed by atoms with Crippen molar-refractivity contribution in [3.8, 4) is 0 Å². The van der Waals surface area contributed by atoms with Crippen LogP contribution in [0.4, 0.5) is 11.5 Å². The van der Waals surface area contributed by atoms with Crippen LogP contribution in [0, 0.1) is 0 Å². The first-order valence-corrected chi connectivity index (χ1v) is 6.90. The van der Waals surface area contributed by atoms with Crippen LogP contribution in [-0.2, 0) is 0 Å². The summed E-state index contributed by atoms with van der Waals surface area (Å²) in [5, 5.41) is 0. The smallest absolute Gasteiger partial charge is 0.255 e. The van der Waals surface area contributed by atoms with E-state index in [2.05, 4.69) is 14.9 Å². The monoisotopic (exact) mass is 283 g/mol. The minimum absolute atomic E-state index is 0.0110. The van der Waals surface area contributed by atoms with Crippen molar-refractivity contribution in [3.63, 3.8) is 0 Å². The predicted octanol–water partition coefficient (Wildman–Crippen LogP) is 1.02. The number of anilines is 2. The van der Waals surface area contributed by atoms with Gasteiger partial charge in [0.05, 0.1) is 5.56 Å². The van der Waals surface area contributed by atoms with Crippen LogP contribution in [0.1, 0.15) is 10.4 Å². The van der Waals surface area contributed by atoms with Gasteiger partial charge in [0.15, 0.2) is 0 Å². The number of nitrogen functional groups attached to an aromatic ring is 1. The molecule has 21 heavy (non-hydrogen) atoms. The van der Waals surface area contributed by atoms with E-state index in [4.69, 9.17) is 5.73 Å². The number of piperazine rings is 1. The van der Waals surface area contributed by atoms with E-state index in [1.165, 1.54) is 6.20 Å². The summed E-state index contributed by atoms with van der Waals surface area (Å²) in [7, 11) is 0. The van der Waals surface area contributed by atoms with E-state index in [0.717, 1.165) is 18.8 Å². The molecule has 0 spiro atoms. The average Bonchev–Trinajstić information content (AvgIpc) is 2.56. The number of nitrogens with zero attached hydrogens (tertiary/aromatic N) is 4. The van der Waals surface area contributed by atoms with Crippen LogP contribution in [0.25, 0.3) is 0 Å². The van der Waals surface area contributed by atoms with Gasteiger partial charge in [-0.3, -0.25) is 9.78 Å². The largest absolute Gasteiger partial charge is 0.384 e. The Morgan fingerprint density at radius 1 is 1.05 bits per heavy atom. The van der Waals surface area contributed by atoms with Gasteiger partial charge in [0, 0.05) is 50.5 Å². The van der Waals surface area contributed by atoms with Crippen molar-refractivity contribution in [2.24, 2.45) is 0 Å². The molecule has 3 heterocycles. The minimum Gasteiger partial charge on any atom is -0.384 e. The third-order valence-electron chi connectivity index (χ3n) is 3.63. The predicted molar refractivity (Wildman–Crippen MR) is 81.0 cm³/mol. The van der Waals surface area contributed by atoms with Gasteiger partial charge in [-0.25, -0.2) is 4.98 Å². The number of nitrogens with two attached hydrogens (primary N) is 1. The number of hydrogen-bond donors (Lipinski definition) is 1. The quantitative estimate of drug-likeness (QED) is 0.890. The first-order valence-electron chi connectivity index (χ1n) is 6.90. The molecule has 0 unspecified atom stereocenters. The van der Waals surface area contributed by atoms with Gasteiger partial charge in [-0.15, -0.1) is 0 Å². The molecule has 6 nitrogen and oxygen atoms in total. The Kier molecular flexibility index (Phi) is 3.68. The van der Waals surface area contributed by atoms with Gasteiger partial charge in [-0.2, -0.15) is 0 Å². The molecule has 1 aliphatic heterocycles. The molecule has 2 aromatic rings. The zero-order valence-corrected chi connectivity index (χ0v) is 11.6. The van der Waals surface area contributed by atoms with E-state index < -0.39 is 0 Å². The van der Waals surface area contributed by atoms with E-state index in [9.17, 15) is 4.79 Å². The number of pyridine rings is 2. The van der Waals surface area contributed by atoms with Gasteiger partial charge in [0.1, 0.15) is 5.82 Å². The van der Waals surface area contributed by atoms with E-state index in [-0.39, 0.29) is 5.91 Å². The summed E-state index contributed by atoms with van der Waals surface area (Å²) in [5.74, 6) is 0.436. The summed E-state index contributed by atoms with van der Waals surface area (Å²) in [6, 6.07) is 7.35. The highest BCUT2D eigenvalue weighted by atomic mass is 16.2. The molecule has 1 fully saturated rings. The van der Waals surface area contributed by atoms with Gasteiger partial charge in [0.25, 0.3) is 5.91 Å². The summed E-state index contributed by atoms with van der Waals surface area (Å²) in [5.41, 5.74) is 7.27.